The Labute approximate surface area is 122 Å². The van der Waals surface area contributed by atoms with Crippen molar-refractivity contribution in [1.29, 1.82) is 5.26 Å². The number of nitrogens with two attached hydrogens (primary N) is 1. The van der Waals surface area contributed by atoms with Gasteiger partial charge in [0.15, 0.2) is 0 Å². The molecule has 0 spiro atoms. The van der Waals surface area contributed by atoms with Crippen LogP contribution in [0.1, 0.15) is 11.3 Å². The van der Waals surface area contributed by atoms with E-state index in [0.29, 0.717) is 22.9 Å². The van der Waals surface area contributed by atoms with Crippen LogP contribution in [0.5, 0.6) is 11.6 Å². The van der Waals surface area contributed by atoms with E-state index in [-0.39, 0.29) is 0 Å². The molecule has 21 heavy (non-hydrogen) atoms. The van der Waals surface area contributed by atoms with Gasteiger partial charge in [0.2, 0.25) is 5.88 Å². The lowest BCUT2D eigenvalue weighted by Gasteiger charge is -2.11. The smallest absolute Gasteiger partial charge is 0.237 e. The molecule has 0 aliphatic heterocycles. The third kappa shape index (κ3) is 2.37. The SMILES string of the molecule is Cc1ccc(C#N)c(Oc2ccc(N)c3ccccc23)n1. The molecule has 4 nitrogen and oxygen atoms in total. The molecule has 2 N–H and O–H groups in total. The van der Waals surface area contributed by atoms with Gasteiger partial charge in [-0.25, -0.2) is 4.98 Å². The van der Waals surface area contributed by atoms with E-state index in [1.54, 1.807) is 24.3 Å². The summed E-state index contributed by atoms with van der Waals surface area (Å²) in [5, 5.41) is 11.0. The van der Waals surface area contributed by atoms with Crippen LogP contribution in [0.15, 0.2) is 48.5 Å². The van der Waals surface area contributed by atoms with Crippen LogP contribution in [0.3, 0.4) is 0 Å². The molecule has 0 unspecified atom stereocenters. The summed E-state index contributed by atoms with van der Waals surface area (Å²) in [6.45, 7) is 1.86. The molecule has 0 aliphatic carbocycles. The zero-order chi connectivity index (χ0) is 14.8. The number of fused-ring (bicyclic) bond motifs is 1. The summed E-state index contributed by atoms with van der Waals surface area (Å²) in [5.74, 6) is 0.946. The first-order valence-corrected chi connectivity index (χ1v) is 6.52. The molecule has 1 aromatic heterocycles. The monoisotopic (exact) mass is 275 g/mol. The summed E-state index contributed by atoms with van der Waals surface area (Å²) in [6.07, 6.45) is 0. The van der Waals surface area contributed by atoms with E-state index in [1.165, 1.54) is 0 Å². The van der Waals surface area contributed by atoms with Crippen LogP contribution in [0.2, 0.25) is 0 Å². The van der Waals surface area contributed by atoms with Gasteiger partial charge >= 0.3 is 0 Å². The molecule has 0 fully saturated rings. The van der Waals surface area contributed by atoms with Crippen LogP contribution < -0.4 is 10.5 Å². The number of pyridine rings is 1. The number of anilines is 1. The number of hydrogen-bond acceptors (Lipinski definition) is 4. The van der Waals surface area contributed by atoms with Gasteiger partial charge in [0.25, 0.3) is 0 Å². The number of nitriles is 1. The topological polar surface area (TPSA) is 71.9 Å². The van der Waals surface area contributed by atoms with Gasteiger partial charge in [-0.3, -0.25) is 0 Å². The minimum atomic E-state index is 0.312. The van der Waals surface area contributed by atoms with Crippen molar-refractivity contribution in [1.82, 2.24) is 4.98 Å². The first-order chi connectivity index (χ1) is 10.2. The molecule has 102 valence electrons. The number of rotatable bonds is 2. The quantitative estimate of drug-likeness (QED) is 0.722. The van der Waals surface area contributed by atoms with E-state index in [9.17, 15) is 0 Å². The zero-order valence-electron chi connectivity index (χ0n) is 11.5. The van der Waals surface area contributed by atoms with Crippen LogP contribution in [0.4, 0.5) is 5.69 Å². The van der Waals surface area contributed by atoms with Crippen molar-refractivity contribution in [2.24, 2.45) is 0 Å². The second-order valence-electron chi connectivity index (χ2n) is 4.72. The molecule has 2 aromatic carbocycles. The average molecular weight is 275 g/mol. The van der Waals surface area contributed by atoms with Crippen molar-refractivity contribution < 1.29 is 4.74 Å². The molecule has 1 heterocycles. The fourth-order valence-electron chi connectivity index (χ4n) is 2.18. The number of hydrogen-bond donors (Lipinski definition) is 1. The van der Waals surface area contributed by atoms with E-state index in [4.69, 9.17) is 15.7 Å². The van der Waals surface area contributed by atoms with Crippen LogP contribution in [-0.4, -0.2) is 4.98 Å². The summed E-state index contributed by atoms with van der Waals surface area (Å²) in [4.78, 5) is 4.29. The molecule has 0 amide bonds. The normalized spacial score (nSPS) is 10.3. The van der Waals surface area contributed by atoms with Crippen molar-refractivity contribution in [3.63, 3.8) is 0 Å². The molecule has 4 heteroatoms. The molecule has 0 radical (unpaired) electrons. The zero-order valence-corrected chi connectivity index (χ0v) is 11.5. The third-order valence-electron chi connectivity index (χ3n) is 3.24. The van der Waals surface area contributed by atoms with E-state index in [2.05, 4.69) is 11.1 Å². The highest BCUT2D eigenvalue weighted by atomic mass is 16.5. The maximum absolute atomic E-state index is 9.15. The molecule has 3 aromatic rings. The molecule has 0 bridgehead atoms. The first-order valence-electron chi connectivity index (χ1n) is 6.52. The van der Waals surface area contributed by atoms with Crippen molar-refractivity contribution in [3.05, 3.63) is 59.8 Å². The summed E-state index contributed by atoms with van der Waals surface area (Å²) in [5.41, 5.74) is 7.86. The van der Waals surface area contributed by atoms with Crippen LogP contribution >= 0.6 is 0 Å². The molecule has 3 rings (SSSR count). The highest BCUT2D eigenvalue weighted by molar-refractivity contribution is 5.97. The lowest BCUT2D eigenvalue weighted by Crippen LogP contribution is -1.95. The second-order valence-corrected chi connectivity index (χ2v) is 4.72. The van der Waals surface area contributed by atoms with Gasteiger partial charge in [0, 0.05) is 22.2 Å². The summed E-state index contributed by atoms with van der Waals surface area (Å²) >= 11 is 0. The Balaban J connectivity index is 2.13. The van der Waals surface area contributed by atoms with Crippen molar-refractivity contribution in [3.8, 4) is 17.7 Å². The van der Waals surface area contributed by atoms with Gasteiger partial charge in [-0.1, -0.05) is 24.3 Å². The Morgan fingerprint density at radius 1 is 1.05 bits per heavy atom. The lowest BCUT2D eigenvalue weighted by atomic mass is 10.1. The van der Waals surface area contributed by atoms with Crippen molar-refractivity contribution in [2.75, 3.05) is 5.73 Å². The molecule has 0 aliphatic rings. The number of nitrogens with zero attached hydrogens (tertiary/aromatic N) is 2. The van der Waals surface area contributed by atoms with Crippen LogP contribution in [0, 0.1) is 18.3 Å². The van der Waals surface area contributed by atoms with Gasteiger partial charge in [0.05, 0.1) is 0 Å². The Kier molecular flexibility index (Phi) is 3.17. The van der Waals surface area contributed by atoms with Gasteiger partial charge in [0.1, 0.15) is 17.4 Å². The predicted molar refractivity (Wildman–Crippen MR) is 82.1 cm³/mol. The Bertz CT molecular complexity index is 866. The molecular weight excluding hydrogens is 262 g/mol. The first kappa shape index (κ1) is 12.9. The fraction of sp³-hybridized carbons (Fsp3) is 0.0588. The van der Waals surface area contributed by atoms with Gasteiger partial charge in [-0.05, 0) is 31.2 Å². The predicted octanol–water partition coefficient (Wildman–Crippen LogP) is 3.79. The molecular formula is C17H13N3O. The molecule has 0 saturated heterocycles. The summed E-state index contributed by atoms with van der Waals surface area (Å²) < 4.78 is 5.86. The number of aryl methyl sites for hydroxylation is 1. The standard InChI is InChI=1S/C17H13N3O/c1-11-6-7-12(10-18)17(20-11)21-16-9-8-15(19)13-4-2-3-5-14(13)16/h2-9H,19H2,1H3. The highest BCUT2D eigenvalue weighted by Crippen LogP contribution is 2.33. The maximum atomic E-state index is 9.15. The highest BCUT2D eigenvalue weighted by Gasteiger charge is 2.10. The third-order valence-corrected chi connectivity index (χ3v) is 3.24. The van der Waals surface area contributed by atoms with Crippen molar-refractivity contribution >= 4 is 16.5 Å². The largest absolute Gasteiger partial charge is 0.437 e. The number of benzene rings is 2. The van der Waals surface area contributed by atoms with Gasteiger partial charge < -0.3 is 10.5 Å². The average Bonchev–Trinajstić information content (AvgIpc) is 2.51. The Hall–Kier alpha value is -3.06. The van der Waals surface area contributed by atoms with E-state index >= 15 is 0 Å². The summed E-state index contributed by atoms with van der Waals surface area (Å²) in [7, 11) is 0. The van der Waals surface area contributed by atoms with E-state index < -0.39 is 0 Å². The van der Waals surface area contributed by atoms with Crippen LogP contribution in [0.25, 0.3) is 10.8 Å². The minimum Gasteiger partial charge on any atom is -0.437 e. The van der Waals surface area contributed by atoms with Crippen molar-refractivity contribution in [2.45, 2.75) is 6.92 Å². The maximum Gasteiger partial charge on any atom is 0.237 e. The van der Waals surface area contributed by atoms with E-state index in [0.717, 1.165) is 16.5 Å². The van der Waals surface area contributed by atoms with Gasteiger partial charge in [-0.2, -0.15) is 5.26 Å². The number of nitrogen functional groups attached to an aromatic ring is 1. The molecule has 0 saturated carbocycles. The second kappa shape index (κ2) is 5.14. The molecule has 0 atom stereocenters. The number of aromatic nitrogens is 1. The minimum absolute atomic E-state index is 0.312. The number of ether oxygens (including phenoxy) is 1. The summed E-state index contributed by atoms with van der Waals surface area (Å²) in [6, 6.07) is 16.9. The van der Waals surface area contributed by atoms with Gasteiger partial charge in [-0.15, -0.1) is 0 Å². The Morgan fingerprint density at radius 3 is 2.57 bits per heavy atom. The fourth-order valence-corrected chi connectivity index (χ4v) is 2.18. The Morgan fingerprint density at radius 2 is 1.81 bits per heavy atom. The van der Waals surface area contributed by atoms with Crippen LogP contribution in [-0.2, 0) is 0 Å². The van der Waals surface area contributed by atoms with E-state index in [1.807, 2.05) is 31.2 Å². The lowest BCUT2D eigenvalue weighted by molar-refractivity contribution is 0.465.